The van der Waals surface area contributed by atoms with Gasteiger partial charge in [0.15, 0.2) is 0 Å². The van der Waals surface area contributed by atoms with Gasteiger partial charge < -0.3 is 28.4 Å². The van der Waals surface area contributed by atoms with E-state index in [1.165, 1.54) is 7.11 Å². The number of benzene rings is 3. The maximum absolute atomic E-state index is 11.8. The Morgan fingerprint density at radius 1 is 0.806 bits per heavy atom. The summed E-state index contributed by atoms with van der Waals surface area (Å²) in [6.07, 6.45) is 1.56. The Balaban J connectivity index is 1.12. The molecule has 0 atom stereocenters. The fourth-order valence-corrected chi connectivity index (χ4v) is 3.79. The molecule has 0 radical (unpaired) electrons. The molecule has 1 saturated heterocycles. The van der Waals surface area contributed by atoms with Crippen LogP contribution in [0, 0.1) is 5.92 Å². The molecule has 7 heteroatoms. The number of hydrogen-bond acceptors (Lipinski definition) is 7. The first-order chi connectivity index (χ1) is 17.5. The Morgan fingerprint density at radius 3 is 1.92 bits per heavy atom. The van der Waals surface area contributed by atoms with Crippen molar-refractivity contribution in [1.82, 2.24) is 0 Å². The lowest BCUT2D eigenvalue weighted by atomic mass is 9.99. The summed E-state index contributed by atoms with van der Waals surface area (Å²) in [5, 5.41) is 0. The van der Waals surface area contributed by atoms with Crippen molar-refractivity contribution >= 4 is 5.97 Å². The highest BCUT2D eigenvalue weighted by Gasteiger charge is 2.41. The summed E-state index contributed by atoms with van der Waals surface area (Å²) in [4.78, 5) is 11.8. The second-order valence-electron chi connectivity index (χ2n) is 8.71. The van der Waals surface area contributed by atoms with Crippen LogP contribution in [0.2, 0.25) is 0 Å². The van der Waals surface area contributed by atoms with Crippen LogP contribution in [0.5, 0.6) is 23.0 Å². The van der Waals surface area contributed by atoms with E-state index >= 15 is 0 Å². The van der Waals surface area contributed by atoms with Crippen molar-refractivity contribution in [3.8, 4) is 23.0 Å². The van der Waals surface area contributed by atoms with Gasteiger partial charge in [0.2, 0.25) is 0 Å². The van der Waals surface area contributed by atoms with Crippen molar-refractivity contribution in [2.24, 2.45) is 5.92 Å². The number of methoxy groups -OCH3 is 1. The molecule has 0 bridgehead atoms. The van der Waals surface area contributed by atoms with E-state index in [4.69, 9.17) is 28.4 Å². The smallest absolute Gasteiger partial charge is 0.366 e. The van der Waals surface area contributed by atoms with Crippen molar-refractivity contribution in [3.05, 3.63) is 84.4 Å². The van der Waals surface area contributed by atoms with E-state index in [1.54, 1.807) is 6.92 Å². The quantitative estimate of drug-likeness (QED) is 0.261. The van der Waals surface area contributed by atoms with E-state index in [0.717, 1.165) is 41.4 Å². The minimum atomic E-state index is -1.31. The minimum absolute atomic E-state index is 0.172. The van der Waals surface area contributed by atoms with Crippen LogP contribution in [0.15, 0.2) is 78.9 Å². The first-order valence-electron chi connectivity index (χ1n) is 12.1. The second-order valence-corrected chi connectivity index (χ2v) is 8.71. The zero-order valence-corrected chi connectivity index (χ0v) is 20.7. The standard InChI is InChI=1S/C29H32O7/c1-29(28(30)31-2)34-20-23(21-35-29)19-22-9-11-24(12-10-22)32-17-6-18-33-25-13-15-27(16-14-25)36-26-7-4-3-5-8-26/h3-5,7-16,23H,6,17-21H2,1-2H3. The van der Waals surface area contributed by atoms with Crippen LogP contribution in [0.25, 0.3) is 0 Å². The molecule has 0 unspecified atom stereocenters. The van der Waals surface area contributed by atoms with Crippen molar-refractivity contribution < 1.29 is 33.2 Å². The number of ether oxygens (including phenoxy) is 6. The average molecular weight is 493 g/mol. The van der Waals surface area contributed by atoms with Crippen LogP contribution >= 0.6 is 0 Å². The first-order valence-corrected chi connectivity index (χ1v) is 12.1. The average Bonchev–Trinajstić information content (AvgIpc) is 2.92. The van der Waals surface area contributed by atoms with E-state index in [1.807, 2.05) is 78.9 Å². The normalized spacial score (nSPS) is 19.3. The number of hydrogen-bond donors (Lipinski definition) is 0. The molecule has 4 rings (SSSR count). The van der Waals surface area contributed by atoms with Crippen LogP contribution in [0.1, 0.15) is 18.9 Å². The molecule has 0 spiro atoms. The van der Waals surface area contributed by atoms with Crippen LogP contribution in [0.4, 0.5) is 0 Å². The zero-order valence-electron chi connectivity index (χ0n) is 20.7. The molecule has 1 heterocycles. The van der Waals surface area contributed by atoms with E-state index in [0.29, 0.717) is 26.4 Å². The SMILES string of the molecule is COC(=O)C1(C)OCC(Cc2ccc(OCCCOc3ccc(Oc4ccccc4)cc3)cc2)CO1. The minimum Gasteiger partial charge on any atom is -0.493 e. The summed E-state index contributed by atoms with van der Waals surface area (Å²) in [5.74, 6) is 1.52. The molecule has 1 aliphatic rings. The van der Waals surface area contributed by atoms with Gasteiger partial charge in [0, 0.05) is 19.3 Å². The molecule has 7 nitrogen and oxygen atoms in total. The Hall–Kier alpha value is -3.55. The maximum atomic E-state index is 11.8. The van der Waals surface area contributed by atoms with Crippen molar-refractivity contribution in [2.75, 3.05) is 33.5 Å². The molecule has 0 amide bonds. The molecule has 1 aliphatic heterocycles. The summed E-state index contributed by atoms with van der Waals surface area (Å²) >= 11 is 0. The lowest BCUT2D eigenvalue weighted by Gasteiger charge is -2.35. The third-order valence-electron chi connectivity index (χ3n) is 5.82. The highest BCUT2D eigenvalue weighted by Crippen LogP contribution is 2.26. The lowest BCUT2D eigenvalue weighted by molar-refractivity contribution is -0.272. The number of rotatable bonds is 11. The van der Waals surface area contributed by atoms with Gasteiger partial charge in [0.05, 0.1) is 33.5 Å². The van der Waals surface area contributed by atoms with Crippen molar-refractivity contribution in [3.63, 3.8) is 0 Å². The van der Waals surface area contributed by atoms with Crippen LogP contribution in [-0.2, 0) is 25.4 Å². The van der Waals surface area contributed by atoms with Gasteiger partial charge in [0.25, 0.3) is 5.79 Å². The predicted octanol–water partition coefficient (Wildman–Crippen LogP) is 5.42. The van der Waals surface area contributed by atoms with Gasteiger partial charge in [-0.25, -0.2) is 4.79 Å². The second kappa shape index (κ2) is 12.4. The molecule has 3 aromatic carbocycles. The van der Waals surface area contributed by atoms with Gasteiger partial charge in [-0.2, -0.15) is 0 Å². The highest BCUT2D eigenvalue weighted by molar-refractivity contribution is 5.77. The summed E-state index contributed by atoms with van der Waals surface area (Å²) in [7, 11) is 1.32. The Labute approximate surface area is 211 Å². The summed E-state index contributed by atoms with van der Waals surface area (Å²) < 4.78 is 33.4. The fraction of sp³-hybridized carbons (Fsp3) is 0.345. The van der Waals surface area contributed by atoms with Crippen molar-refractivity contribution in [1.29, 1.82) is 0 Å². The maximum Gasteiger partial charge on any atom is 0.366 e. The Morgan fingerprint density at radius 2 is 1.33 bits per heavy atom. The molecule has 3 aromatic rings. The Bertz CT molecular complexity index is 1070. The molecule has 0 saturated carbocycles. The van der Waals surface area contributed by atoms with Gasteiger partial charge in [-0.05, 0) is 60.5 Å². The number of carbonyl (C=O) groups excluding carboxylic acids is 1. The number of carbonyl (C=O) groups is 1. The molecule has 1 fully saturated rings. The lowest BCUT2D eigenvalue weighted by Crippen LogP contribution is -2.48. The molecular formula is C29H32O7. The summed E-state index contributed by atoms with van der Waals surface area (Å²) in [6.45, 7) is 3.58. The van der Waals surface area contributed by atoms with Gasteiger partial charge in [0.1, 0.15) is 23.0 Å². The highest BCUT2D eigenvalue weighted by atomic mass is 16.7. The third kappa shape index (κ3) is 7.23. The van der Waals surface area contributed by atoms with E-state index in [9.17, 15) is 4.79 Å². The topological polar surface area (TPSA) is 72.5 Å². The van der Waals surface area contributed by atoms with Gasteiger partial charge >= 0.3 is 5.97 Å². The fourth-order valence-electron chi connectivity index (χ4n) is 3.79. The number of para-hydroxylation sites is 1. The molecule has 0 aliphatic carbocycles. The van der Waals surface area contributed by atoms with Crippen LogP contribution in [-0.4, -0.2) is 45.3 Å². The summed E-state index contributed by atoms with van der Waals surface area (Å²) in [5.41, 5.74) is 1.16. The van der Waals surface area contributed by atoms with E-state index < -0.39 is 11.8 Å². The Kier molecular flexibility index (Phi) is 8.81. The predicted molar refractivity (Wildman–Crippen MR) is 135 cm³/mol. The summed E-state index contributed by atoms with van der Waals surface area (Å²) in [6, 6.07) is 25.3. The van der Waals surface area contributed by atoms with E-state index in [-0.39, 0.29) is 5.92 Å². The molecule has 0 aromatic heterocycles. The van der Waals surface area contributed by atoms with Crippen LogP contribution < -0.4 is 14.2 Å². The van der Waals surface area contributed by atoms with Crippen molar-refractivity contribution in [2.45, 2.75) is 25.6 Å². The van der Waals surface area contributed by atoms with Gasteiger partial charge in [-0.15, -0.1) is 0 Å². The van der Waals surface area contributed by atoms with Crippen LogP contribution in [0.3, 0.4) is 0 Å². The van der Waals surface area contributed by atoms with E-state index in [2.05, 4.69) is 0 Å². The third-order valence-corrected chi connectivity index (χ3v) is 5.82. The molecular weight excluding hydrogens is 460 g/mol. The molecule has 0 N–H and O–H groups in total. The molecule has 36 heavy (non-hydrogen) atoms. The largest absolute Gasteiger partial charge is 0.493 e. The number of esters is 1. The van der Waals surface area contributed by atoms with Gasteiger partial charge in [-0.1, -0.05) is 30.3 Å². The monoisotopic (exact) mass is 492 g/mol. The molecule has 190 valence electrons. The zero-order chi connectivity index (χ0) is 25.2. The van der Waals surface area contributed by atoms with Gasteiger partial charge in [-0.3, -0.25) is 0 Å². The first kappa shape index (κ1) is 25.5.